The Hall–Kier alpha value is -1.84. The van der Waals surface area contributed by atoms with Crippen LogP contribution < -0.4 is 0 Å². The maximum Gasteiger partial charge on any atom is 0.303 e. The number of hydrogen-bond donors (Lipinski definition) is 1. The molecule has 1 aliphatic carbocycles. The summed E-state index contributed by atoms with van der Waals surface area (Å²) in [4.78, 5) is 26.0. The quantitative estimate of drug-likeness (QED) is 0.900. The van der Waals surface area contributed by atoms with Crippen LogP contribution in [-0.2, 0) is 15.0 Å². The molecule has 0 radical (unpaired) electrons. The Morgan fingerprint density at radius 1 is 1.21 bits per heavy atom. The lowest BCUT2D eigenvalue weighted by Gasteiger charge is -2.35. The molecule has 130 valence electrons. The second-order valence-corrected chi connectivity index (χ2v) is 7.65. The Balaban J connectivity index is 1.72. The van der Waals surface area contributed by atoms with E-state index in [1.807, 2.05) is 4.90 Å². The van der Waals surface area contributed by atoms with Gasteiger partial charge in [0.25, 0.3) is 0 Å². The van der Waals surface area contributed by atoms with Crippen LogP contribution in [0.4, 0.5) is 0 Å². The summed E-state index contributed by atoms with van der Waals surface area (Å²) in [5.41, 5.74) is 3.27. The first-order valence-electron chi connectivity index (χ1n) is 9.01. The number of amides is 1. The van der Waals surface area contributed by atoms with E-state index in [1.165, 1.54) is 11.1 Å². The molecule has 1 saturated carbocycles. The lowest BCUT2D eigenvalue weighted by atomic mass is 9.88. The fourth-order valence-corrected chi connectivity index (χ4v) is 4.12. The minimum Gasteiger partial charge on any atom is -0.481 e. The molecule has 1 unspecified atom stereocenters. The molecule has 1 amide bonds. The number of aryl methyl sites for hydroxylation is 2. The third kappa shape index (κ3) is 3.47. The fraction of sp³-hybridized carbons (Fsp3) is 0.600. The smallest absolute Gasteiger partial charge is 0.303 e. The molecule has 4 heteroatoms. The molecule has 1 heterocycles. The number of nitrogens with zero attached hydrogens (tertiary/aromatic N) is 1. The van der Waals surface area contributed by atoms with Gasteiger partial charge in [0, 0.05) is 19.5 Å². The van der Waals surface area contributed by atoms with E-state index in [1.54, 1.807) is 0 Å². The van der Waals surface area contributed by atoms with Crippen molar-refractivity contribution < 1.29 is 14.7 Å². The van der Waals surface area contributed by atoms with E-state index >= 15 is 0 Å². The summed E-state index contributed by atoms with van der Waals surface area (Å²) in [6.07, 6.45) is 4.77. The van der Waals surface area contributed by atoms with Crippen LogP contribution in [0.15, 0.2) is 18.2 Å². The summed E-state index contributed by atoms with van der Waals surface area (Å²) in [5, 5.41) is 8.88. The number of piperidine rings is 1. The molecule has 1 aromatic carbocycles. The van der Waals surface area contributed by atoms with Crippen molar-refractivity contribution >= 4 is 11.9 Å². The molecule has 24 heavy (non-hydrogen) atoms. The number of aliphatic carboxylic acids is 1. The number of carboxylic acids is 1. The monoisotopic (exact) mass is 329 g/mol. The van der Waals surface area contributed by atoms with Gasteiger partial charge in [-0.2, -0.15) is 0 Å². The van der Waals surface area contributed by atoms with Gasteiger partial charge in [-0.25, -0.2) is 0 Å². The molecule has 0 aromatic heterocycles. The number of likely N-dealkylation sites (tertiary alicyclic amines) is 1. The predicted molar refractivity (Wildman–Crippen MR) is 93.0 cm³/mol. The van der Waals surface area contributed by atoms with Gasteiger partial charge in [-0.15, -0.1) is 0 Å². The molecule has 2 fully saturated rings. The van der Waals surface area contributed by atoms with Crippen LogP contribution in [0.25, 0.3) is 0 Å². The van der Waals surface area contributed by atoms with Crippen molar-refractivity contribution in [2.24, 2.45) is 5.92 Å². The number of benzene rings is 1. The molecule has 1 atom stereocenters. The van der Waals surface area contributed by atoms with Crippen LogP contribution in [0.2, 0.25) is 0 Å². The number of carbonyl (C=O) groups excluding carboxylic acids is 1. The van der Waals surface area contributed by atoms with Gasteiger partial charge < -0.3 is 10.0 Å². The lowest BCUT2D eigenvalue weighted by molar-refractivity contribution is -0.137. The van der Waals surface area contributed by atoms with Crippen LogP contribution >= 0.6 is 0 Å². The SMILES string of the molecule is Cc1cc(C)cc(C2(C(=O)N3CCCC(CCC(=O)O)C3)CC2)c1. The number of carboxylic acid groups (broad SMARTS) is 1. The Kier molecular flexibility index (Phi) is 4.66. The standard InChI is InChI=1S/C20H27NO3/c1-14-10-15(2)12-17(11-14)20(7-8-20)19(24)21-9-3-4-16(13-21)5-6-18(22)23/h10-12,16H,3-9,13H2,1-2H3,(H,22,23). The van der Waals surface area contributed by atoms with E-state index in [4.69, 9.17) is 5.11 Å². The first-order valence-corrected chi connectivity index (χ1v) is 9.01. The molecule has 1 saturated heterocycles. The minimum absolute atomic E-state index is 0.203. The topological polar surface area (TPSA) is 57.6 Å². The van der Waals surface area contributed by atoms with E-state index in [0.29, 0.717) is 12.3 Å². The number of hydrogen-bond acceptors (Lipinski definition) is 2. The molecule has 0 bridgehead atoms. The molecule has 2 aliphatic rings. The van der Waals surface area contributed by atoms with E-state index in [0.717, 1.165) is 44.3 Å². The van der Waals surface area contributed by atoms with Gasteiger partial charge in [0.1, 0.15) is 0 Å². The van der Waals surface area contributed by atoms with Crippen molar-refractivity contribution in [1.82, 2.24) is 4.90 Å². The van der Waals surface area contributed by atoms with E-state index < -0.39 is 5.97 Å². The zero-order chi connectivity index (χ0) is 17.3. The zero-order valence-electron chi connectivity index (χ0n) is 14.7. The van der Waals surface area contributed by atoms with Crippen molar-refractivity contribution in [3.63, 3.8) is 0 Å². The molecule has 1 N–H and O–H groups in total. The van der Waals surface area contributed by atoms with E-state index in [9.17, 15) is 9.59 Å². The molecule has 0 spiro atoms. The van der Waals surface area contributed by atoms with Crippen LogP contribution in [0.1, 0.15) is 55.2 Å². The fourth-order valence-electron chi connectivity index (χ4n) is 4.12. The molecular formula is C20H27NO3. The maximum absolute atomic E-state index is 13.2. The van der Waals surface area contributed by atoms with Gasteiger partial charge in [0.05, 0.1) is 5.41 Å². The number of rotatable bonds is 5. The first kappa shape index (κ1) is 17.0. The summed E-state index contributed by atoms with van der Waals surface area (Å²) in [5.74, 6) is -0.159. The van der Waals surface area contributed by atoms with Crippen LogP contribution in [-0.4, -0.2) is 35.0 Å². The van der Waals surface area contributed by atoms with Crippen molar-refractivity contribution in [2.75, 3.05) is 13.1 Å². The Morgan fingerprint density at radius 3 is 2.46 bits per heavy atom. The summed E-state index contributed by atoms with van der Waals surface area (Å²) in [6.45, 7) is 5.70. The average molecular weight is 329 g/mol. The summed E-state index contributed by atoms with van der Waals surface area (Å²) < 4.78 is 0. The van der Waals surface area contributed by atoms with Crippen molar-refractivity contribution in [3.05, 3.63) is 34.9 Å². The number of carbonyl (C=O) groups is 2. The summed E-state index contributed by atoms with van der Waals surface area (Å²) in [7, 11) is 0. The van der Waals surface area contributed by atoms with Crippen LogP contribution in [0.3, 0.4) is 0 Å². The molecule has 1 aliphatic heterocycles. The zero-order valence-corrected chi connectivity index (χ0v) is 14.7. The second-order valence-electron chi connectivity index (χ2n) is 7.65. The van der Waals surface area contributed by atoms with Gasteiger partial charge >= 0.3 is 5.97 Å². The third-order valence-electron chi connectivity index (χ3n) is 5.51. The first-order chi connectivity index (χ1) is 11.4. The van der Waals surface area contributed by atoms with Gasteiger partial charge in [-0.3, -0.25) is 9.59 Å². The van der Waals surface area contributed by atoms with Crippen molar-refractivity contribution in [2.45, 2.75) is 57.8 Å². The van der Waals surface area contributed by atoms with Crippen molar-refractivity contribution in [3.8, 4) is 0 Å². The van der Waals surface area contributed by atoms with Crippen LogP contribution in [0, 0.1) is 19.8 Å². The highest BCUT2D eigenvalue weighted by molar-refractivity contribution is 5.91. The van der Waals surface area contributed by atoms with Crippen LogP contribution in [0.5, 0.6) is 0 Å². The largest absolute Gasteiger partial charge is 0.481 e. The Bertz CT molecular complexity index is 628. The highest BCUT2D eigenvalue weighted by Gasteiger charge is 2.53. The molecule has 4 nitrogen and oxygen atoms in total. The maximum atomic E-state index is 13.2. The minimum atomic E-state index is -0.743. The Morgan fingerprint density at radius 2 is 1.88 bits per heavy atom. The van der Waals surface area contributed by atoms with E-state index in [-0.39, 0.29) is 17.7 Å². The molecule has 3 rings (SSSR count). The van der Waals surface area contributed by atoms with Crippen molar-refractivity contribution in [1.29, 1.82) is 0 Å². The van der Waals surface area contributed by atoms with Gasteiger partial charge in [-0.05, 0) is 57.4 Å². The Labute approximate surface area is 143 Å². The second kappa shape index (κ2) is 6.58. The summed E-state index contributed by atoms with van der Waals surface area (Å²) in [6, 6.07) is 6.46. The van der Waals surface area contributed by atoms with Gasteiger partial charge in [-0.1, -0.05) is 29.3 Å². The highest BCUT2D eigenvalue weighted by atomic mass is 16.4. The van der Waals surface area contributed by atoms with Gasteiger partial charge in [0.2, 0.25) is 5.91 Å². The van der Waals surface area contributed by atoms with E-state index in [2.05, 4.69) is 32.0 Å². The molecule has 1 aromatic rings. The van der Waals surface area contributed by atoms with Gasteiger partial charge in [0.15, 0.2) is 0 Å². The highest BCUT2D eigenvalue weighted by Crippen LogP contribution is 2.50. The average Bonchev–Trinajstić information content (AvgIpc) is 3.33. The molecular weight excluding hydrogens is 302 g/mol. The third-order valence-corrected chi connectivity index (χ3v) is 5.51. The lowest BCUT2D eigenvalue weighted by Crippen LogP contribution is -2.45. The predicted octanol–water partition coefficient (Wildman–Crippen LogP) is 3.44. The summed E-state index contributed by atoms with van der Waals surface area (Å²) >= 11 is 0. The normalized spacial score (nSPS) is 22.2.